The van der Waals surface area contributed by atoms with Gasteiger partial charge in [-0.1, -0.05) is 35.4 Å². The van der Waals surface area contributed by atoms with Gasteiger partial charge in [-0.3, -0.25) is 0 Å². The van der Waals surface area contributed by atoms with E-state index in [2.05, 4.69) is 0 Å². The number of carbonyl (C=O) groups excluding carboxylic acids is 1. The predicted molar refractivity (Wildman–Crippen MR) is 70.7 cm³/mol. The summed E-state index contributed by atoms with van der Waals surface area (Å²) in [5.41, 5.74) is 4.01. The second kappa shape index (κ2) is 4.83. The number of hydrogen-bond donors (Lipinski definition) is 0. The second-order valence-electron chi connectivity index (χ2n) is 4.30. The van der Waals surface area contributed by atoms with Gasteiger partial charge in [-0.2, -0.15) is 0 Å². The van der Waals surface area contributed by atoms with Gasteiger partial charge in [0.15, 0.2) is 0 Å². The number of aryl methyl sites for hydroxylation is 2. The highest BCUT2D eigenvalue weighted by molar-refractivity contribution is 6.33. The quantitative estimate of drug-likeness (QED) is 0.832. The van der Waals surface area contributed by atoms with Crippen molar-refractivity contribution in [1.29, 1.82) is 0 Å². The first-order chi connectivity index (χ1) is 8.49. The molecule has 18 heavy (non-hydrogen) atoms. The first-order valence-electron chi connectivity index (χ1n) is 5.57. The first-order valence-corrected chi connectivity index (χ1v) is 5.95. The Bertz CT molecular complexity index is 618. The molecule has 0 bridgehead atoms. The molecule has 0 unspecified atom stereocenters. The molecule has 2 aromatic carbocycles. The summed E-state index contributed by atoms with van der Waals surface area (Å²) in [4.78, 5) is 10.8. The van der Waals surface area contributed by atoms with E-state index in [9.17, 15) is 9.90 Å². The van der Waals surface area contributed by atoms with Gasteiger partial charge in [-0.25, -0.2) is 0 Å². The maximum absolute atomic E-state index is 10.8. The van der Waals surface area contributed by atoms with Crippen molar-refractivity contribution in [2.75, 3.05) is 0 Å². The number of rotatable bonds is 2. The summed E-state index contributed by atoms with van der Waals surface area (Å²) in [6.45, 7) is 3.85. The Morgan fingerprint density at radius 2 is 1.78 bits per heavy atom. The number of hydrogen-bond acceptors (Lipinski definition) is 2. The minimum atomic E-state index is -1.17. The van der Waals surface area contributed by atoms with Crippen molar-refractivity contribution in [3.63, 3.8) is 0 Å². The maximum atomic E-state index is 10.8. The van der Waals surface area contributed by atoms with Crippen LogP contribution < -0.4 is 5.11 Å². The highest BCUT2D eigenvalue weighted by atomic mass is 35.5. The summed E-state index contributed by atoms with van der Waals surface area (Å²) < 4.78 is 0. The predicted octanol–water partition coefficient (Wildman–Crippen LogP) is 2.99. The lowest BCUT2D eigenvalue weighted by atomic mass is 9.97. The van der Waals surface area contributed by atoms with Gasteiger partial charge in [0, 0.05) is 10.6 Å². The van der Waals surface area contributed by atoms with E-state index < -0.39 is 5.97 Å². The molecule has 0 N–H and O–H groups in total. The number of carboxylic acid groups (broad SMARTS) is 1. The van der Waals surface area contributed by atoms with Gasteiger partial charge >= 0.3 is 0 Å². The summed E-state index contributed by atoms with van der Waals surface area (Å²) in [6, 6.07) is 10.7. The Morgan fingerprint density at radius 1 is 1.06 bits per heavy atom. The molecular formula is C15H12ClO2-. The second-order valence-corrected chi connectivity index (χ2v) is 4.71. The molecule has 2 nitrogen and oxygen atoms in total. The Morgan fingerprint density at radius 3 is 2.39 bits per heavy atom. The molecule has 0 saturated heterocycles. The molecule has 2 aromatic rings. The molecular weight excluding hydrogens is 248 g/mol. The maximum Gasteiger partial charge on any atom is 0.0715 e. The average Bonchev–Trinajstić information content (AvgIpc) is 2.32. The summed E-state index contributed by atoms with van der Waals surface area (Å²) in [6.07, 6.45) is 0. The fourth-order valence-corrected chi connectivity index (χ4v) is 2.16. The lowest BCUT2D eigenvalue weighted by Crippen LogP contribution is -2.22. The van der Waals surface area contributed by atoms with E-state index in [4.69, 9.17) is 11.6 Å². The third-order valence-corrected chi connectivity index (χ3v) is 3.20. The van der Waals surface area contributed by atoms with E-state index in [1.165, 1.54) is 6.07 Å². The van der Waals surface area contributed by atoms with E-state index >= 15 is 0 Å². The molecule has 0 radical (unpaired) electrons. The van der Waals surface area contributed by atoms with Crippen LogP contribution in [0.4, 0.5) is 0 Å². The van der Waals surface area contributed by atoms with Gasteiger partial charge in [0.2, 0.25) is 0 Å². The van der Waals surface area contributed by atoms with Crippen LogP contribution in [-0.2, 0) is 0 Å². The average molecular weight is 260 g/mol. The highest BCUT2D eigenvalue weighted by Gasteiger charge is 2.07. The number of benzene rings is 2. The first kappa shape index (κ1) is 12.7. The van der Waals surface area contributed by atoms with Crippen molar-refractivity contribution in [3.8, 4) is 11.1 Å². The topological polar surface area (TPSA) is 40.1 Å². The Hall–Kier alpha value is -1.80. The van der Waals surface area contributed by atoms with Crippen molar-refractivity contribution in [1.82, 2.24) is 0 Å². The molecule has 2 rings (SSSR count). The van der Waals surface area contributed by atoms with Crippen LogP contribution in [0, 0.1) is 13.8 Å². The van der Waals surface area contributed by atoms with Gasteiger partial charge in [0.05, 0.1) is 5.97 Å². The van der Waals surface area contributed by atoms with Crippen LogP contribution in [0.25, 0.3) is 11.1 Å². The van der Waals surface area contributed by atoms with E-state index in [-0.39, 0.29) is 5.56 Å². The lowest BCUT2D eigenvalue weighted by molar-refractivity contribution is -0.255. The molecule has 0 spiro atoms. The largest absolute Gasteiger partial charge is 0.545 e. The standard InChI is InChI=1S/C15H13ClO2/c1-9-3-6-14(16)13(7-9)12-5-4-11(15(17)18)8-10(12)2/h3-8H,1-2H3,(H,17,18)/p-1. The number of aromatic carboxylic acids is 1. The van der Waals surface area contributed by atoms with E-state index in [0.29, 0.717) is 5.02 Å². The van der Waals surface area contributed by atoms with Gasteiger partial charge in [0.25, 0.3) is 0 Å². The van der Waals surface area contributed by atoms with Gasteiger partial charge in [0.1, 0.15) is 0 Å². The molecule has 0 amide bonds. The van der Waals surface area contributed by atoms with Crippen LogP contribution in [0.1, 0.15) is 21.5 Å². The molecule has 92 valence electrons. The SMILES string of the molecule is Cc1ccc(Cl)c(-c2ccc(C(=O)[O-])cc2C)c1. The zero-order valence-electron chi connectivity index (χ0n) is 10.2. The van der Waals surface area contributed by atoms with Gasteiger partial charge in [-0.15, -0.1) is 0 Å². The molecule has 3 heteroatoms. The molecule has 0 aliphatic heterocycles. The monoisotopic (exact) mass is 259 g/mol. The molecule has 0 aliphatic carbocycles. The number of carbonyl (C=O) groups is 1. The lowest BCUT2D eigenvalue weighted by Gasteiger charge is -2.11. The molecule has 0 fully saturated rings. The molecule has 0 heterocycles. The summed E-state index contributed by atoms with van der Waals surface area (Å²) in [5.74, 6) is -1.17. The van der Waals surface area contributed by atoms with E-state index in [1.807, 2.05) is 32.0 Å². The van der Waals surface area contributed by atoms with Gasteiger partial charge < -0.3 is 9.90 Å². The van der Waals surface area contributed by atoms with Crippen molar-refractivity contribution in [2.24, 2.45) is 0 Å². The van der Waals surface area contributed by atoms with Gasteiger partial charge in [-0.05, 0) is 48.7 Å². The zero-order chi connectivity index (χ0) is 13.3. The Balaban J connectivity index is 2.58. The van der Waals surface area contributed by atoms with Crippen LogP contribution in [0.15, 0.2) is 36.4 Å². The third kappa shape index (κ3) is 2.39. The van der Waals surface area contributed by atoms with E-state index in [1.54, 1.807) is 12.1 Å². The smallest absolute Gasteiger partial charge is 0.0715 e. The van der Waals surface area contributed by atoms with Crippen molar-refractivity contribution in [3.05, 3.63) is 58.1 Å². The summed E-state index contributed by atoms with van der Waals surface area (Å²) in [5, 5.41) is 11.4. The summed E-state index contributed by atoms with van der Waals surface area (Å²) >= 11 is 6.18. The number of carboxylic acids is 1. The van der Waals surface area contributed by atoms with Crippen LogP contribution in [0.5, 0.6) is 0 Å². The molecule has 0 atom stereocenters. The molecule has 0 saturated carbocycles. The minimum Gasteiger partial charge on any atom is -0.545 e. The van der Waals surface area contributed by atoms with Crippen LogP contribution in [-0.4, -0.2) is 5.97 Å². The Labute approximate surface area is 111 Å². The molecule has 0 aromatic heterocycles. The zero-order valence-corrected chi connectivity index (χ0v) is 10.9. The highest BCUT2D eigenvalue weighted by Crippen LogP contribution is 2.31. The van der Waals surface area contributed by atoms with Crippen LogP contribution >= 0.6 is 11.6 Å². The van der Waals surface area contributed by atoms with Crippen molar-refractivity contribution < 1.29 is 9.90 Å². The summed E-state index contributed by atoms with van der Waals surface area (Å²) in [7, 11) is 0. The Kier molecular flexibility index (Phi) is 3.39. The fraction of sp³-hybridized carbons (Fsp3) is 0.133. The third-order valence-electron chi connectivity index (χ3n) is 2.87. The van der Waals surface area contributed by atoms with E-state index in [0.717, 1.165) is 22.3 Å². The number of halogens is 1. The van der Waals surface area contributed by atoms with Crippen LogP contribution in [0.2, 0.25) is 5.02 Å². The normalized spacial score (nSPS) is 10.4. The van der Waals surface area contributed by atoms with Crippen molar-refractivity contribution in [2.45, 2.75) is 13.8 Å². The molecule has 0 aliphatic rings. The van der Waals surface area contributed by atoms with Crippen molar-refractivity contribution >= 4 is 17.6 Å². The van der Waals surface area contributed by atoms with Crippen LogP contribution in [0.3, 0.4) is 0 Å². The minimum absolute atomic E-state index is 0.181. The fourth-order valence-electron chi connectivity index (χ4n) is 1.94.